The summed E-state index contributed by atoms with van der Waals surface area (Å²) in [6.45, 7) is 0. The molecule has 0 aliphatic carbocycles. The molecular weight excluding hydrogens is 174 g/mol. The Kier molecular flexibility index (Phi) is 4.17. The van der Waals surface area contributed by atoms with Gasteiger partial charge in [0.25, 0.3) is 0 Å². The predicted molar refractivity (Wildman–Crippen MR) is 41.8 cm³/mol. The minimum Gasteiger partial charge on any atom is -0.480 e. The molecule has 0 saturated carbocycles. The quantitative estimate of drug-likeness (QED) is 0.535. The summed E-state index contributed by atoms with van der Waals surface area (Å²) in [5, 5.41) is 9.41. The van der Waals surface area contributed by atoms with Crippen molar-refractivity contribution in [1.29, 1.82) is 0 Å². The van der Waals surface area contributed by atoms with Crippen molar-refractivity contribution < 1.29 is 14.1 Å². The van der Waals surface area contributed by atoms with E-state index in [1.165, 1.54) is 5.37 Å². The molecule has 0 aromatic heterocycles. The van der Waals surface area contributed by atoms with Gasteiger partial charge in [-0.2, -0.15) is 0 Å². The van der Waals surface area contributed by atoms with Crippen LogP contribution in [0.3, 0.4) is 0 Å². The maximum absolute atomic E-state index is 10.2. The topological polar surface area (TPSA) is 80.4 Å². The van der Waals surface area contributed by atoms with Gasteiger partial charge < -0.3 is 10.8 Å². The number of carboxylic acid groups (broad SMARTS) is 1. The van der Waals surface area contributed by atoms with E-state index < -0.39 is 21.0 Å². The summed E-state index contributed by atoms with van der Waals surface area (Å²) in [5.74, 6) is -1.11. The van der Waals surface area contributed by atoms with Crippen LogP contribution in [0, 0.1) is 0 Å². The van der Waals surface area contributed by atoms with Crippen LogP contribution in [0.25, 0.3) is 0 Å². The normalized spacial score (nSPS) is 12.1. The fourth-order valence-electron chi connectivity index (χ4n) is 0.283. The molecule has 0 bridgehead atoms. The molecule has 0 aliphatic heterocycles. The van der Waals surface area contributed by atoms with E-state index in [9.17, 15) is 9.00 Å². The van der Waals surface area contributed by atoms with Gasteiger partial charge in [0.1, 0.15) is 6.04 Å². The number of carboxylic acids is 1. The van der Waals surface area contributed by atoms with Gasteiger partial charge in [-0.05, 0) is 0 Å². The molecule has 0 radical (unpaired) electrons. The molecule has 0 fully saturated rings. The highest BCUT2D eigenvalue weighted by atomic mass is 32.8. The molecule has 0 rings (SSSR count). The molecule has 10 heavy (non-hydrogen) atoms. The molecule has 0 aromatic rings. The highest BCUT2D eigenvalue weighted by molar-refractivity contribution is 8.20. The fraction of sp³-hybridized carbons (Fsp3) is 0.500. The summed E-state index contributed by atoms with van der Waals surface area (Å²) in [4.78, 5) is 10.0. The Labute approximate surface area is 64.3 Å². The molecule has 58 valence electrons. The zero-order chi connectivity index (χ0) is 8.15. The maximum Gasteiger partial charge on any atom is 0.320 e. The molecule has 0 aromatic carbocycles. The fourth-order valence-corrected chi connectivity index (χ4v) is 0.883. The molecule has 1 unspecified atom stereocenters. The zero-order valence-corrected chi connectivity index (χ0v) is 6.65. The second-order valence-electron chi connectivity index (χ2n) is 1.61. The lowest BCUT2D eigenvalue weighted by molar-refractivity contribution is -0.138. The monoisotopic (exact) mass is 181 g/mol. The first-order valence-electron chi connectivity index (χ1n) is 2.44. The standard InChI is InChI=1S/C4H7NO3S2/c5-3(4(6)7)1-2-10(8)9/h2-3H,1,5H2,(H,6,7). The van der Waals surface area contributed by atoms with Crippen LogP contribution in [0.5, 0.6) is 0 Å². The van der Waals surface area contributed by atoms with E-state index in [0.29, 0.717) is 0 Å². The van der Waals surface area contributed by atoms with Crippen LogP contribution in [0.2, 0.25) is 0 Å². The smallest absolute Gasteiger partial charge is 0.320 e. The second-order valence-corrected chi connectivity index (χ2v) is 3.45. The Balaban J connectivity index is 3.94. The van der Waals surface area contributed by atoms with E-state index in [0.717, 1.165) is 0 Å². The van der Waals surface area contributed by atoms with Gasteiger partial charge in [-0.1, -0.05) is 0 Å². The van der Waals surface area contributed by atoms with Crippen LogP contribution >= 0.6 is 0 Å². The largest absolute Gasteiger partial charge is 0.480 e. The van der Waals surface area contributed by atoms with E-state index in [1.807, 2.05) is 0 Å². The van der Waals surface area contributed by atoms with Crippen molar-refractivity contribution in [3.63, 3.8) is 0 Å². The molecule has 0 heterocycles. The molecule has 0 amide bonds. The molecule has 0 saturated heterocycles. The van der Waals surface area contributed by atoms with Crippen molar-refractivity contribution in [2.45, 2.75) is 12.5 Å². The first kappa shape index (κ1) is 9.54. The number of nitrogens with two attached hydrogens (primary N) is 1. The lowest BCUT2D eigenvalue weighted by Gasteiger charge is -1.97. The maximum atomic E-state index is 10.2. The lowest BCUT2D eigenvalue weighted by Crippen LogP contribution is -2.30. The van der Waals surface area contributed by atoms with Crippen molar-refractivity contribution in [3.05, 3.63) is 0 Å². The van der Waals surface area contributed by atoms with Crippen molar-refractivity contribution in [1.82, 2.24) is 0 Å². The predicted octanol–water partition coefficient (Wildman–Crippen LogP) is -1.20. The number of carbonyl (C=O) groups is 1. The first-order valence-corrected chi connectivity index (χ1v) is 4.57. The highest BCUT2D eigenvalue weighted by Crippen LogP contribution is 1.81. The summed E-state index contributed by atoms with van der Waals surface area (Å²) in [6.07, 6.45) is 0.0471. The molecular formula is C4H7NO3S2. The second kappa shape index (κ2) is 4.37. The Hall–Kier alpha value is -0.460. The Bertz CT molecular complexity index is 235. The third-order valence-corrected chi connectivity index (χ3v) is 1.68. The molecule has 0 spiro atoms. The van der Waals surface area contributed by atoms with Crippen LogP contribution < -0.4 is 5.73 Å². The van der Waals surface area contributed by atoms with Crippen LogP contribution in [-0.4, -0.2) is 26.7 Å². The summed E-state index contributed by atoms with van der Waals surface area (Å²) in [6, 6.07) is -0.994. The van der Waals surface area contributed by atoms with Gasteiger partial charge in [-0.3, -0.25) is 4.79 Å². The van der Waals surface area contributed by atoms with Gasteiger partial charge >= 0.3 is 5.97 Å². The third kappa shape index (κ3) is 4.42. The number of rotatable bonds is 3. The molecule has 1 atom stereocenters. The molecule has 4 nitrogen and oxygen atoms in total. The van der Waals surface area contributed by atoms with Gasteiger partial charge in [-0.15, -0.1) is 0 Å². The first-order chi connectivity index (χ1) is 4.54. The average molecular weight is 181 g/mol. The molecule has 6 heteroatoms. The Morgan fingerprint density at radius 2 is 2.40 bits per heavy atom. The van der Waals surface area contributed by atoms with Gasteiger partial charge in [0.15, 0.2) is 0 Å². The van der Waals surface area contributed by atoms with Crippen LogP contribution in [0.1, 0.15) is 6.42 Å². The Morgan fingerprint density at radius 1 is 1.90 bits per heavy atom. The minimum atomic E-state index is -1.49. The number of hydrogen-bond acceptors (Lipinski definition) is 4. The molecule has 0 aliphatic rings. The average Bonchev–Trinajstić information content (AvgIpc) is 1.82. The van der Waals surface area contributed by atoms with Gasteiger partial charge in [0.05, 0.1) is 8.95 Å². The summed E-state index contributed by atoms with van der Waals surface area (Å²) >= 11 is 4.25. The van der Waals surface area contributed by atoms with Gasteiger partial charge in [0.2, 0.25) is 0 Å². The van der Waals surface area contributed by atoms with Crippen molar-refractivity contribution in [2.75, 3.05) is 0 Å². The van der Waals surface area contributed by atoms with Crippen LogP contribution in [0.15, 0.2) is 0 Å². The van der Waals surface area contributed by atoms with E-state index in [1.54, 1.807) is 0 Å². The lowest BCUT2D eigenvalue weighted by atomic mass is 10.2. The van der Waals surface area contributed by atoms with Crippen molar-refractivity contribution >= 4 is 31.5 Å². The van der Waals surface area contributed by atoms with E-state index in [4.69, 9.17) is 10.8 Å². The summed E-state index contributed by atoms with van der Waals surface area (Å²) in [5.41, 5.74) is 5.05. The molecule has 3 N–H and O–H groups in total. The minimum absolute atomic E-state index is 0.0471. The number of hydrogen-bond donors (Lipinski definition) is 2. The van der Waals surface area contributed by atoms with Crippen LogP contribution in [-0.2, 0) is 24.9 Å². The third-order valence-electron chi connectivity index (χ3n) is 0.803. The zero-order valence-electron chi connectivity index (χ0n) is 5.02. The summed E-state index contributed by atoms with van der Waals surface area (Å²) in [7, 11) is -1.49. The van der Waals surface area contributed by atoms with E-state index in [2.05, 4.69) is 11.2 Å². The highest BCUT2D eigenvalue weighted by Gasteiger charge is 2.07. The van der Waals surface area contributed by atoms with Crippen molar-refractivity contribution in [2.24, 2.45) is 5.73 Å². The van der Waals surface area contributed by atoms with Gasteiger partial charge in [-0.25, -0.2) is 4.21 Å². The van der Waals surface area contributed by atoms with Gasteiger partial charge in [0, 0.05) is 23.0 Å². The van der Waals surface area contributed by atoms with E-state index in [-0.39, 0.29) is 6.42 Å². The SMILES string of the molecule is NC(CC=S(=O)=S)C(=O)O. The van der Waals surface area contributed by atoms with Crippen LogP contribution in [0.4, 0.5) is 0 Å². The number of aliphatic carboxylic acids is 1. The van der Waals surface area contributed by atoms with E-state index >= 15 is 0 Å². The Morgan fingerprint density at radius 3 is 2.70 bits per heavy atom. The summed E-state index contributed by atoms with van der Waals surface area (Å²) < 4.78 is 10.2. The van der Waals surface area contributed by atoms with Crippen molar-refractivity contribution in [3.8, 4) is 0 Å².